The van der Waals surface area contributed by atoms with Crippen LogP contribution in [0.5, 0.6) is 0 Å². The molecule has 0 N–H and O–H groups in total. The second kappa shape index (κ2) is 12.4. The van der Waals surface area contributed by atoms with E-state index >= 15 is 0 Å². The van der Waals surface area contributed by atoms with E-state index in [2.05, 4.69) is 140 Å². The molecule has 264 valence electrons. The van der Waals surface area contributed by atoms with Gasteiger partial charge < -0.3 is 4.57 Å². The summed E-state index contributed by atoms with van der Waals surface area (Å²) in [6.07, 6.45) is 0. The fraction of sp³-hybridized carbons (Fsp3) is 0.0577. The highest BCUT2D eigenvalue weighted by Gasteiger charge is 2.36. The maximum absolute atomic E-state index is 5.07. The Hall–Kier alpha value is -7.17. The first-order valence-corrected chi connectivity index (χ1v) is 19.2. The molecule has 1 aliphatic rings. The van der Waals surface area contributed by atoms with E-state index in [-0.39, 0.29) is 5.41 Å². The Labute approximate surface area is 325 Å². The van der Waals surface area contributed by atoms with Gasteiger partial charge in [0.1, 0.15) is 0 Å². The maximum Gasteiger partial charge on any atom is 0.164 e. The van der Waals surface area contributed by atoms with Crippen LogP contribution in [0.3, 0.4) is 0 Å². The van der Waals surface area contributed by atoms with Crippen LogP contribution in [-0.2, 0) is 5.41 Å². The smallest absolute Gasteiger partial charge is 0.164 e. The average Bonchev–Trinajstić information content (AvgIpc) is 3.70. The molecule has 11 rings (SSSR count). The lowest BCUT2D eigenvalue weighted by Gasteiger charge is -2.21. The van der Waals surface area contributed by atoms with E-state index in [1.807, 2.05) is 60.7 Å². The van der Waals surface area contributed by atoms with Crippen molar-refractivity contribution in [2.45, 2.75) is 19.3 Å². The fourth-order valence-corrected chi connectivity index (χ4v) is 8.86. The predicted octanol–water partition coefficient (Wildman–Crippen LogP) is 13.1. The Morgan fingerprint density at radius 2 is 0.964 bits per heavy atom. The highest BCUT2D eigenvalue weighted by atomic mass is 15.0. The molecule has 0 fully saturated rings. The molecule has 4 nitrogen and oxygen atoms in total. The summed E-state index contributed by atoms with van der Waals surface area (Å²) in [5, 5.41) is 4.96. The maximum atomic E-state index is 5.07. The quantitative estimate of drug-likeness (QED) is 0.178. The van der Waals surface area contributed by atoms with Crippen molar-refractivity contribution < 1.29 is 0 Å². The van der Waals surface area contributed by atoms with E-state index in [0.717, 1.165) is 27.9 Å². The summed E-state index contributed by atoms with van der Waals surface area (Å²) in [4.78, 5) is 15.1. The molecular weight excluding hydrogens is 681 g/mol. The molecule has 4 heteroatoms. The molecule has 2 aromatic heterocycles. The van der Waals surface area contributed by atoms with Crippen molar-refractivity contribution in [3.05, 3.63) is 193 Å². The van der Waals surface area contributed by atoms with Crippen LogP contribution in [0.2, 0.25) is 0 Å². The van der Waals surface area contributed by atoms with Gasteiger partial charge in [-0.3, -0.25) is 0 Å². The summed E-state index contributed by atoms with van der Waals surface area (Å²) >= 11 is 0. The average molecular weight is 717 g/mol. The molecule has 0 amide bonds. The Kier molecular flexibility index (Phi) is 7.17. The number of nitrogens with zero attached hydrogens (tertiary/aromatic N) is 4. The molecule has 0 unspecified atom stereocenters. The number of fused-ring (bicyclic) bond motifs is 7. The lowest BCUT2D eigenvalue weighted by Crippen LogP contribution is -2.14. The van der Waals surface area contributed by atoms with Crippen LogP contribution < -0.4 is 0 Å². The Morgan fingerprint density at radius 1 is 0.375 bits per heavy atom. The summed E-state index contributed by atoms with van der Waals surface area (Å²) in [7, 11) is 0. The predicted molar refractivity (Wildman–Crippen MR) is 231 cm³/mol. The molecule has 0 radical (unpaired) electrons. The summed E-state index contributed by atoms with van der Waals surface area (Å²) in [6, 6.07) is 64.9. The minimum absolute atomic E-state index is 0.118. The van der Waals surface area contributed by atoms with Gasteiger partial charge in [0.2, 0.25) is 0 Å². The molecule has 1 aliphatic carbocycles. The van der Waals surface area contributed by atoms with Gasteiger partial charge in [0.05, 0.1) is 11.0 Å². The Bertz CT molecular complexity index is 3100. The molecule has 0 bridgehead atoms. The molecule has 0 aliphatic heterocycles. The topological polar surface area (TPSA) is 43.6 Å². The van der Waals surface area contributed by atoms with Crippen LogP contribution in [0, 0.1) is 0 Å². The van der Waals surface area contributed by atoms with Crippen molar-refractivity contribution in [2.75, 3.05) is 0 Å². The second-order valence-electron chi connectivity index (χ2n) is 15.3. The third-order valence-electron chi connectivity index (χ3n) is 11.6. The van der Waals surface area contributed by atoms with Crippen molar-refractivity contribution in [3.8, 4) is 62.1 Å². The van der Waals surface area contributed by atoms with Gasteiger partial charge >= 0.3 is 0 Å². The van der Waals surface area contributed by atoms with Gasteiger partial charge in [0.25, 0.3) is 0 Å². The third-order valence-corrected chi connectivity index (χ3v) is 11.6. The molecule has 0 atom stereocenters. The second-order valence-corrected chi connectivity index (χ2v) is 15.3. The number of benzene rings is 8. The zero-order valence-corrected chi connectivity index (χ0v) is 31.1. The number of hydrogen-bond donors (Lipinski definition) is 0. The molecule has 0 spiro atoms. The molecular formula is C52H36N4. The fourth-order valence-electron chi connectivity index (χ4n) is 8.86. The first kappa shape index (κ1) is 32.3. The van der Waals surface area contributed by atoms with Crippen LogP contribution in [0.25, 0.3) is 94.7 Å². The van der Waals surface area contributed by atoms with Gasteiger partial charge in [-0.25, -0.2) is 15.0 Å². The van der Waals surface area contributed by atoms with Crippen LogP contribution >= 0.6 is 0 Å². The molecule has 10 aromatic rings. The minimum atomic E-state index is -0.118. The van der Waals surface area contributed by atoms with Gasteiger partial charge in [-0.2, -0.15) is 0 Å². The van der Waals surface area contributed by atoms with E-state index in [1.165, 1.54) is 60.4 Å². The minimum Gasteiger partial charge on any atom is -0.309 e. The standard InChI is InChI=1S/C52H36N4/c1-52(2)45-26-12-11-24-41(45)42-32-48-44(31-46(42)52)43-30-36(40-25-14-20-33-15-9-10-23-39(33)40)27-28-47(43)56(48)38-22-13-21-37(29-38)51-54-49(34-16-5-3-6-17-34)53-50(55-51)35-18-7-4-8-19-35/h3-32H,1-2H3. The Morgan fingerprint density at radius 3 is 1.73 bits per heavy atom. The highest BCUT2D eigenvalue weighted by Crippen LogP contribution is 2.51. The van der Waals surface area contributed by atoms with E-state index in [4.69, 9.17) is 15.0 Å². The largest absolute Gasteiger partial charge is 0.309 e. The SMILES string of the molecule is CC1(C)c2ccccc2-c2cc3c(cc21)c1cc(-c2cccc4ccccc24)ccc1n3-c1cccc(-c2nc(-c3ccccc3)nc(-c3ccccc3)n2)c1. The van der Waals surface area contributed by atoms with Gasteiger partial charge in [-0.05, 0) is 80.6 Å². The highest BCUT2D eigenvalue weighted by molar-refractivity contribution is 6.13. The molecule has 0 saturated heterocycles. The van der Waals surface area contributed by atoms with Crippen molar-refractivity contribution >= 4 is 32.6 Å². The van der Waals surface area contributed by atoms with Crippen molar-refractivity contribution in [3.63, 3.8) is 0 Å². The first-order chi connectivity index (χ1) is 27.5. The van der Waals surface area contributed by atoms with Crippen molar-refractivity contribution in [1.29, 1.82) is 0 Å². The van der Waals surface area contributed by atoms with E-state index in [0.29, 0.717) is 17.5 Å². The molecule has 2 heterocycles. The molecule has 8 aromatic carbocycles. The summed E-state index contributed by atoms with van der Waals surface area (Å²) in [5.74, 6) is 1.93. The van der Waals surface area contributed by atoms with Gasteiger partial charge in [-0.1, -0.05) is 159 Å². The number of rotatable bonds is 5. The van der Waals surface area contributed by atoms with E-state index in [1.54, 1.807) is 0 Å². The number of hydrogen-bond acceptors (Lipinski definition) is 3. The zero-order valence-electron chi connectivity index (χ0n) is 31.1. The summed E-state index contributed by atoms with van der Waals surface area (Å²) in [5.41, 5.74) is 13.9. The van der Waals surface area contributed by atoms with Crippen molar-refractivity contribution in [1.82, 2.24) is 19.5 Å². The summed E-state index contributed by atoms with van der Waals surface area (Å²) < 4.78 is 2.42. The van der Waals surface area contributed by atoms with Crippen molar-refractivity contribution in [2.24, 2.45) is 0 Å². The number of aromatic nitrogens is 4. The first-order valence-electron chi connectivity index (χ1n) is 19.2. The lowest BCUT2D eigenvalue weighted by molar-refractivity contribution is 0.661. The van der Waals surface area contributed by atoms with E-state index < -0.39 is 0 Å². The van der Waals surface area contributed by atoms with Crippen LogP contribution in [0.15, 0.2) is 182 Å². The lowest BCUT2D eigenvalue weighted by atomic mass is 9.82. The normalized spacial score (nSPS) is 13.0. The zero-order chi connectivity index (χ0) is 37.4. The summed E-state index contributed by atoms with van der Waals surface area (Å²) in [6.45, 7) is 4.71. The third kappa shape index (κ3) is 5.03. The molecule has 56 heavy (non-hydrogen) atoms. The molecule has 0 saturated carbocycles. The van der Waals surface area contributed by atoms with Gasteiger partial charge in [0.15, 0.2) is 17.5 Å². The monoisotopic (exact) mass is 716 g/mol. The van der Waals surface area contributed by atoms with Gasteiger partial charge in [-0.15, -0.1) is 0 Å². The van der Waals surface area contributed by atoms with E-state index in [9.17, 15) is 0 Å². The Balaban J connectivity index is 1.15. The van der Waals surface area contributed by atoms with Crippen LogP contribution in [0.4, 0.5) is 0 Å². The van der Waals surface area contributed by atoms with Crippen LogP contribution in [-0.4, -0.2) is 19.5 Å². The van der Waals surface area contributed by atoms with Crippen LogP contribution in [0.1, 0.15) is 25.0 Å². The van der Waals surface area contributed by atoms with Gasteiger partial charge in [0, 0.05) is 38.6 Å².